The summed E-state index contributed by atoms with van der Waals surface area (Å²) >= 11 is 6.07. The highest BCUT2D eigenvalue weighted by Gasteiger charge is 2.19. The Kier molecular flexibility index (Phi) is 3.05. The fourth-order valence-corrected chi connectivity index (χ4v) is 2.39. The third kappa shape index (κ3) is 2.03. The molecule has 5 heteroatoms. The van der Waals surface area contributed by atoms with Crippen molar-refractivity contribution in [3.8, 4) is 0 Å². The number of fused-ring (bicyclic) bond motifs is 1. The Bertz CT molecular complexity index is 717. The fraction of sp³-hybridized carbons (Fsp3) is 0.214. The summed E-state index contributed by atoms with van der Waals surface area (Å²) in [7, 11) is 0. The summed E-state index contributed by atoms with van der Waals surface area (Å²) in [6.07, 6.45) is 0.823. The molecular formula is C14H13ClN2O2. The van der Waals surface area contributed by atoms with Crippen molar-refractivity contribution in [1.82, 2.24) is 9.78 Å². The fourth-order valence-electron chi connectivity index (χ4n) is 2.17. The minimum Gasteiger partial charge on any atom is -0.456 e. The van der Waals surface area contributed by atoms with Crippen LogP contribution in [0.15, 0.2) is 40.9 Å². The van der Waals surface area contributed by atoms with Gasteiger partial charge in [-0.3, -0.25) is 4.68 Å². The number of aliphatic hydroxyl groups excluding tert-OH is 1. The first-order valence-corrected chi connectivity index (χ1v) is 6.46. The van der Waals surface area contributed by atoms with Gasteiger partial charge in [0.1, 0.15) is 5.76 Å². The Labute approximate surface area is 115 Å². The zero-order valence-corrected chi connectivity index (χ0v) is 11.1. The average Bonchev–Trinajstić information content (AvgIpc) is 3.04. The molecule has 19 heavy (non-hydrogen) atoms. The minimum atomic E-state index is -0.842. The summed E-state index contributed by atoms with van der Waals surface area (Å²) in [6.45, 7) is 2.67. The first-order valence-electron chi connectivity index (χ1n) is 6.08. The van der Waals surface area contributed by atoms with E-state index in [0.717, 1.165) is 5.39 Å². The second-order valence-corrected chi connectivity index (χ2v) is 4.69. The molecule has 0 spiro atoms. The van der Waals surface area contributed by atoms with Crippen LogP contribution in [-0.4, -0.2) is 14.9 Å². The lowest BCUT2D eigenvalue weighted by molar-refractivity contribution is 0.181. The van der Waals surface area contributed by atoms with Crippen LogP contribution in [0.25, 0.3) is 11.0 Å². The van der Waals surface area contributed by atoms with Crippen molar-refractivity contribution in [1.29, 1.82) is 0 Å². The Morgan fingerprint density at radius 3 is 3.00 bits per heavy atom. The van der Waals surface area contributed by atoms with E-state index in [4.69, 9.17) is 16.0 Å². The smallest absolute Gasteiger partial charge is 0.153 e. The number of hydrogen-bond donors (Lipinski definition) is 1. The maximum atomic E-state index is 10.4. The van der Waals surface area contributed by atoms with Gasteiger partial charge in [0.25, 0.3) is 0 Å². The van der Waals surface area contributed by atoms with Crippen LogP contribution in [-0.2, 0) is 6.54 Å². The van der Waals surface area contributed by atoms with E-state index in [1.807, 2.05) is 19.1 Å². The van der Waals surface area contributed by atoms with Gasteiger partial charge in [-0.25, -0.2) is 0 Å². The molecule has 3 aromatic rings. The van der Waals surface area contributed by atoms with Gasteiger partial charge in [0.05, 0.1) is 10.7 Å². The molecule has 0 radical (unpaired) electrons. The van der Waals surface area contributed by atoms with Gasteiger partial charge in [-0.1, -0.05) is 23.7 Å². The van der Waals surface area contributed by atoms with Crippen LogP contribution >= 0.6 is 11.6 Å². The van der Waals surface area contributed by atoms with Crippen LogP contribution in [0.5, 0.6) is 0 Å². The summed E-state index contributed by atoms with van der Waals surface area (Å²) < 4.78 is 7.40. The van der Waals surface area contributed by atoms with Crippen LogP contribution in [0.1, 0.15) is 24.5 Å². The predicted molar refractivity (Wildman–Crippen MR) is 73.2 cm³/mol. The van der Waals surface area contributed by atoms with Gasteiger partial charge in [-0.15, -0.1) is 0 Å². The molecule has 1 atom stereocenters. The van der Waals surface area contributed by atoms with E-state index in [1.165, 1.54) is 0 Å². The maximum absolute atomic E-state index is 10.4. The van der Waals surface area contributed by atoms with Gasteiger partial charge in [-0.05, 0) is 25.1 Å². The van der Waals surface area contributed by atoms with E-state index in [2.05, 4.69) is 5.10 Å². The van der Waals surface area contributed by atoms with E-state index in [9.17, 15) is 5.11 Å². The Morgan fingerprint density at radius 1 is 1.42 bits per heavy atom. The number of hydrogen-bond acceptors (Lipinski definition) is 3. The number of rotatable bonds is 3. The molecular weight excluding hydrogens is 264 g/mol. The van der Waals surface area contributed by atoms with E-state index >= 15 is 0 Å². The van der Waals surface area contributed by atoms with E-state index in [1.54, 1.807) is 29.1 Å². The number of aromatic nitrogens is 2. The second kappa shape index (κ2) is 4.72. The number of nitrogens with zero attached hydrogens (tertiary/aromatic N) is 2. The number of halogens is 1. The zero-order chi connectivity index (χ0) is 13.4. The normalized spacial score (nSPS) is 13.0. The van der Waals surface area contributed by atoms with E-state index in [-0.39, 0.29) is 0 Å². The van der Waals surface area contributed by atoms with Crippen molar-refractivity contribution < 1.29 is 9.52 Å². The molecule has 4 nitrogen and oxygen atoms in total. The van der Waals surface area contributed by atoms with Crippen molar-refractivity contribution in [2.45, 2.75) is 19.6 Å². The standard InChI is InChI=1S/C14H13ClN2O2/c1-2-17-11(6-7-16-17)13(18)12-8-9-4-3-5-10(15)14(9)19-12/h3-8,13,18H,2H2,1H3. The largest absolute Gasteiger partial charge is 0.456 e. The molecule has 0 aliphatic rings. The molecule has 0 aliphatic carbocycles. The number of benzene rings is 1. The first-order chi connectivity index (χ1) is 9.20. The highest BCUT2D eigenvalue weighted by atomic mass is 35.5. The van der Waals surface area contributed by atoms with Crippen LogP contribution < -0.4 is 0 Å². The summed E-state index contributed by atoms with van der Waals surface area (Å²) in [5.41, 5.74) is 1.30. The number of furan rings is 1. The van der Waals surface area contributed by atoms with Crippen LogP contribution in [0.4, 0.5) is 0 Å². The summed E-state index contributed by atoms with van der Waals surface area (Å²) in [5.74, 6) is 0.471. The van der Waals surface area contributed by atoms with Gasteiger partial charge in [-0.2, -0.15) is 5.10 Å². The summed E-state index contributed by atoms with van der Waals surface area (Å²) in [6, 6.07) is 9.10. The molecule has 1 aromatic carbocycles. The van der Waals surface area contributed by atoms with Crippen LogP contribution in [0, 0.1) is 0 Å². The molecule has 1 unspecified atom stereocenters. The molecule has 2 heterocycles. The molecule has 2 aromatic heterocycles. The zero-order valence-electron chi connectivity index (χ0n) is 10.4. The molecule has 98 valence electrons. The Morgan fingerprint density at radius 2 is 2.26 bits per heavy atom. The van der Waals surface area contributed by atoms with Crippen LogP contribution in [0.2, 0.25) is 5.02 Å². The minimum absolute atomic E-state index is 0.471. The molecule has 0 amide bonds. The van der Waals surface area contributed by atoms with Gasteiger partial charge < -0.3 is 9.52 Å². The topological polar surface area (TPSA) is 51.2 Å². The third-order valence-corrected chi connectivity index (χ3v) is 3.41. The number of para-hydroxylation sites is 1. The summed E-state index contributed by atoms with van der Waals surface area (Å²) in [4.78, 5) is 0. The lowest BCUT2D eigenvalue weighted by atomic mass is 10.2. The Hall–Kier alpha value is -1.78. The molecule has 3 rings (SSSR count). The first kappa shape index (κ1) is 12.3. The van der Waals surface area contributed by atoms with E-state index in [0.29, 0.717) is 28.6 Å². The number of aryl methyl sites for hydroxylation is 1. The Balaban J connectivity index is 2.07. The highest BCUT2D eigenvalue weighted by molar-refractivity contribution is 6.34. The van der Waals surface area contributed by atoms with Crippen molar-refractivity contribution in [2.24, 2.45) is 0 Å². The van der Waals surface area contributed by atoms with Gasteiger partial charge >= 0.3 is 0 Å². The molecule has 0 saturated heterocycles. The molecule has 1 N–H and O–H groups in total. The molecule has 0 aliphatic heterocycles. The SMILES string of the molecule is CCn1nccc1C(O)c1cc2cccc(Cl)c2o1. The quantitative estimate of drug-likeness (QED) is 0.798. The third-order valence-electron chi connectivity index (χ3n) is 3.11. The monoisotopic (exact) mass is 276 g/mol. The number of aliphatic hydroxyl groups is 1. The van der Waals surface area contributed by atoms with Crippen LogP contribution in [0.3, 0.4) is 0 Å². The van der Waals surface area contributed by atoms with Gasteiger partial charge in [0.15, 0.2) is 11.7 Å². The van der Waals surface area contributed by atoms with Gasteiger partial charge in [0, 0.05) is 18.1 Å². The molecule has 0 fully saturated rings. The van der Waals surface area contributed by atoms with Crippen molar-refractivity contribution in [2.75, 3.05) is 0 Å². The lowest BCUT2D eigenvalue weighted by Crippen LogP contribution is -2.08. The van der Waals surface area contributed by atoms with Crippen molar-refractivity contribution >= 4 is 22.6 Å². The second-order valence-electron chi connectivity index (χ2n) is 4.28. The highest BCUT2D eigenvalue weighted by Crippen LogP contribution is 2.31. The predicted octanol–water partition coefficient (Wildman–Crippen LogP) is 3.38. The molecule has 0 saturated carbocycles. The van der Waals surface area contributed by atoms with E-state index < -0.39 is 6.10 Å². The molecule has 0 bridgehead atoms. The summed E-state index contributed by atoms with van der Waals surface area (Å²) in [5, 5.41) is 15.9. The lowest BCUT2D eigenvalue weighted by Gasteiger charge is -2.09. The van der Waals surface area contributed by atoms with Gasteiger partial charge in [0.2, 0.25) is 0 Å². The average molecular weight is 277 g/mol. The maximum Gasteiger partial charge on any atom is 0.153 e. The van der Waals surface area contributed by atoms with Crippen molar-refractivity contribution in [3.63, 3.8) is 0 Å². The van der Waals surface area contributed by atoms with Crippen molar-refractivity contribution in [3.05, 3.63) is 53.0 Å².